The topological polar surface area (TPSA) is 51.4 Å². The number of hydrogen-bond donors (Lipinski definition) is 0. The van der Waals surface area contributed by atoms with Gasteiger partial charge in [0.15, 0.2) is 0 Å². The van der Waals surface area contributed by atoms with Gasteiger partial charge in [-0.3, -0.25) is 4.68 Å². The van der Waals surface area contributed by atoms with Crippen molar-refractivity contribution in [3.63, 3.8) is 0 Å². The van der Waals surface area contributed by atoms with Gasteiger partial charge in [0.2, 0.25) is 0 Å². The molecule has 7 nitrogen and oxygen atoms in total. The quantitative estimate of drug-likeness (QED) is 0.156. The van der Waals surface area contributed by atoms with Crippen LogP contribution in [-0.2, 0) is 21.1 Å². The molecule has 0 saturated carbocycles. The van der Waals surface area contributed by atoms with Crippen LogP contribution in [0.25, 0.3) is 44.4 Å². The standard InChI is InChI=1S/C36H29FN6O.Pt/c1-40(2)32-13-8-14-33(41(3)4)36(32)24-22-39-42(23-24)26-9-7-10-27(20-26)44-28-15-16-30-29-11-5-6-12-31(29)43(34(30)21-28)35-19-25(37)17-18-38-35;/h5-19,22-23H,1-4H3;/q-2;+2. The number of rotatable bonds is 7. The zero-order valence-electron chi connectivity index (χ0n) is 25.1. The van der Waals surface area contributed by atoms with Crippen LogP contribution in [0.1, 0.15) is 0 Å². The van der Waals surface area contributed by atoms with Gasteiger partial charge >= 0.3 is 21.1 Å². The molecular formula is C36H29FN6OPt. The van der Waals surface area contributed by atoms with Crippen molar-refractivity contribution in [3.05, 3.63) is 121 Å². The molecule has 0 saturated heterocycles. The largest absolute Gasteiger partial charge is 2.00 e. The van der Waals surface area contributed by atoms with Gasteiger partial charge < -0.3 is 19.1 Å². The zero-order valence-corrected chi connectivity index (χ0v) is 27.4. The maximum absolute atomic E-state index is 14.2. The van der Waals surface area contributed by atoms with Crippen molar-refractivity contribution in [1.82, 2.24) is 19.3 Å². The summed E-state index contributed by atoms with van der Waals surface area (Å²) in [5.74, 6) is 1.14. The fraction of sp³-hybridized carbons (Fsp3) is 0.111. The monoisotopic (exact) mass is 775 g/mol. The summed E-state index contributed by atoms with van der Waals surface area (Å²) in [6.45, 7) is 0. The molecule has 9 heteroatoms. The Balaban J connectivity index is 0.00000357. The van der Waals surface area contributed by atoms with Crippen LogP contribution in [0.15, 0.2) is 104 Å². The number of hydrogen-bond acceptors (Lipinski definition) is 5. The Morgan fingerprint density at radius 2 is 1.51 bits per heavy atom. The molecule has 0 unspecified atom stereocenters. The average molecular weight is 776 g/mol. The SMILES string of the molecule is CN(C)c1cccc(N(C)C)c1-c1cnn(-c2[c-]c(Oc3[c-]c4c(cc3)c3ccccc3n4-c3cc(F)ccn3)ccc2)c1.[Pt+2]. The van der Waals surface area contributed by atoms with Crippen molar-refractivity contribution in [2.75, 3.05) is 38.0 Å². The Bertz CT molecular complexity index is 2130. The van der Waals surface area contributed by atoms with Crippen molar-refractivity contribution in [2.45, 2.75) is 0 Å². The van der Waals surface area contributed by atoms with Crippen LogP contribution in [0.3, 0.4) is 0 Å². The van der Waals surface area contributed by atoms with E-state index in [9.17, 15) is 4.39 Å². The van der Waals surface area contributed by atoms with Crippen molar-refractivity contribution in [3.8, 4) is 34.1 Å². The predicted octanol–water partition coefficient (Wildman–Crippen LogP) is 7.69. The normalized spacial score (nSPS) is 11.0. The van der Waals surface area contributed by atoms with Crippen molar-refractivity contribution >= 4 is 33.2 Å². The molecule has 7 rings (SSSR count). The molecule has 45 heavy (non-hydrogen) atoms. The van der Waals surface area contributed by atoms with Crippen LogP contribution in [0, 0.1) is 17.9 Å². The summed E-state index contributed by atoms with van der Waals surface area (Å²) in [5.41, 5.74) is 6.70. The first kappa shape index (κ1) is 30.1. The van der Waals surface area contributed by atoms with Crippen LogP contribution in [-0.4, -0.2) is 47.5 Å². The molecule has 0 aliphatic heterocycles. The number of halogens is 1. The summed E-state index contributed by atoms with van der Waals surface area (Å²) in [5, 5.41) is 6.66. The van der Waals surface area contributed by atoms with Gasteiger partial charge in [-0.25, -0.2) is 9.37 Å². The minimum Gasteiger partial charge on any atom is -0.509 e. The Kier molecular flexibility index (Phi) is 8.17. The van der Waals surface area contributed by atoms with Gasteiger partial charge in [0.25, 0.3) is 0 Å². The molecule has 7 aromatic rings. The third-order valence-corrected chi connectivity index (χ3v) is 7.57. The number of anilines is 2. The first-order valence-corrected chi connectivity index (χ1v) is 14.2. The number of ether oxygens (including phenoxy) is 1. The van der Waals surface area contributed by atoms with Gasteiger partial charge in [0.1, 0.15) is 11.6 Å². The molecule has 0 bridgehead atoms. The first-order valence-electron chi connectivity index (χ1n) is 14.2. The number of aromatic nitrogens is 4. The molecule has 0 N–H and O–H groups in total. The van der Waals surface area contributed by atoms with Crippen molar-refractivity contribution < 1.29 is 30.2 Å². The summed E-state index contributed by atoms with van der Waals surface area (Å²) in [7, 11) is 8.17. The molecule has 0 aliphatic rings. The van der Waals surface area contributed by atoms with Gasteiger partial charge in [-0.05, 0) is 35.3 Å². The van der Waals surface area contributed by atoms with E-state index >= 15 is 0 Å². The van der Waals surface area contributed by atoms with E-state index in [1.807, 2.05) is 99.7 Å². The summed E-state index contributed by atoms with van der Waals surface area (Å²) >= 11 is 0. The van der Waals surface area contributed by atoms with E-state index in [1.54, 1.807) is 4.68 Å². The second-order valence-corrected chi connectivity index (χ2v) is 10.9. The van der Waals surface area contributed by atoms with E-state index < -0.39 is 0 Å². The van der Waals surface area contributed by atoms with Crippen LogP contribution < -0.4 is 14.5 Å². The summed E-state index contributed by atoms with van der Waals surface area (Å²) in [6.07, 6.45) is 5.35. The predicted molar refractivity (Wildman–Crippen MR) is 174 cm³/mol. The number of pyridine rings is 1. The molecule has 0 fully saturated rings. The minimum atomic E-state index is -0.357. The van der Waals surface area contributed by atoms with E-state index in [2.05, 4.69) is 50.2 Å². The van der Waals surface area contributed by atoms with Crippen molar-refractivity contribution in [1.29, 1.82) is 0 Å². The van der Waals surface area contributed by atoms with Crippen LogP contribution in [0.4, 0.5) is 15.8 Å². The maximum Gasteiger partial charge on any atom is 2.00 e. The third kappa shape index (κ3) is 5.58. The second-order valence-electron chi connectivity index (χ2n) is 10.9. The molecule has 0 atom stereocenters. The smallest absolute Gasteiger partial charge is 0.509 e. The fourth-order valence-corrected chi connectivity index (χ4v) is 5.59. The number of para-hydroxylation sites is 1. The zero-order chi connectivity index (χ0) is 30.4. The van der Waals surface area contributed by atoms with Gasteiger partial charge in [-0.15, -0.1) is 35.7 Å². The van der Waals surface area contributed by atoms with E-state index in [4.69, 9.17) is 4.74 Å². The van der Waals surface area contributed by atoms with E-state index in [-0.39, 0.29) is 26.9 Å². The van der Waals surface area contributed by atoms with E-state index in [0.29, 0.717) is 17.3 Å². The molecular weight excluding hydrogens is 747 g/mol. The van der Waals surface area contributed by atoms with Crippen LogP contribution >= 0.6 is 0 Å². The summed E-state index contributed by atoms with van der Waals surface area (Å²) < 4.78 is 24.2. The minimum absolute atomic E-state index is 0. The average Bonchev–Trinajstić information content (AvgIpc) is 3.64. The molecule has 3 heterocycles. The summed E-state index contributed by atoms with van der Waals surface area (Å²) in [4.78, 5) is 8.65. The third-order valence-electron chi connectivity index (χ3n) is 7.57. The number of fused-ring (bicyclic) bond motifs is 3. The Morgan fingerprint density at radius 1 is 0.778 bits per heavy atom. The number of benzene rings is 4. The van der Waals surface area contributed by atoms with Gasteiger partial charge in [-0.1, -0.05) is 29.8 Å². The van der Waals surface area contributed by atoms with Gasteiger partial charge in [0.05, 0.1) is 6.20 Å². The van der Waals surface area contributed by atoms with Gasteiger partial charge in [0, 0.05) is 86.2 Å². The van der Waals surface area contributed by atoms with Crippen molar-refractivity contribution in [2.24, 2.45) is 0 Å². The summed E-state index contributed by atoms with van der Waals surface area (Å²) in [6, 6.07) is 33.3. The van der Waals surface area contributed by atoms with E-state index in [1.165, 1.54) is 18.3 Å². The molecule has 0 spiro atoms. The number of nitrogens with zero attached hydrogens (tertiary/aromatic N) is 6. The molecule has 4 aromatic carbocycles. The Morgan fingerprint density at radius 3 is 2.27 bits per heavy atom. The molecule has 0 aliphatic carbocycles. The van der Waals surface area contributed by atoms with Crippen LogP contribution in [0.5, 0.6) is 11.5 Å². The fourth-order valence-electron chi connectivity index (χ4n) is 5.59. The maximum atomic E-state index is 14.2. The molecule has 3 aromatic heterocycles. The second kappa shape index (κ2) is 12.2. The van der Waals surface area contributed by atoms with Crippen LogP contribution in [0.2, 0.25) is 0 Å². The Hall–Kier alpha value is -4.94. The molecule has 0 radical (unpaired) electrons. The molecule has 0 amide bonds. The van der Waals surface area contributed by atoms with E-state index in [0.717, 1.165) is 50.0 Å². The first-order chi connectivity index (χ1) is 21.4. The Labute approximate surface area is 275 Å². The van der Waals surface area contributed by atoms with Gasteiger partial charge in [-0.2, -0.15) is 17.2 Å². The molecule has 226 valence electrons.